The van der Waals surface area contributed by atoms with E-state index in [1.54, 1.807) is 42.3 Å². The van der Waals surface area contributed by atoms with Crippen LogP contribution in [0, 0.1) is 0 Å². The van der Waals surface area contributed by atoms with E-state index in [1.165, 1.54) is 4.90 Å². The normalized spacial score (nSPS) is 12.4. The Morgan fingerprint density at radius 3 is 2.55 bits per heavy atom. The van der Waals surface area contributed by atoms with E-state index in [9.17, 15) is 14.4 Å². The molecule has 0 saturated carbocycles. The molecule has 0 spiro atoms. The third kappa shape index (κ3) is 6.07. The minimum Gasteiger partial charge on any atom is -0.485 e. The molecule has 0 N–H and O–H groups in total. The zero-order valence-corrected chi connectivity index (χ0v) is 22.5. The smallest absolute Gasteiger partial charge is 0.289 e. The van der Waals surface area contributed by atoms with Gasteiger partial charge in [-0.05, 0) is 60.0 Å². The molecule has 5 rings (SSSR count). The average molecular weight is 539 g/mol. The summed E-state index contributed by atoms with van der Waals surface area (Å²) in [5, 5.41) is 0. The van der Waals surface area contributed by atoms with Gasteiger partial charge in [0.1, 0.15) is 17.3 Å². The van der Waals surface area contributed by atoms with Crippen LogP contribution in [0.15, 0.2) is 89.3 Å². The lowest BCUT2D eigenvalue weighted by atomic mass is 10.1. The maximum atomic E-state index is 12.9. The predicted molar refractivity (Wildman–Crippen MR) is 150 cm³/mol. The van der Waals surface area contributed by atoms with Crippen LogP contribution in [0.5, 0.6) is 11.5 Å². The molecule has 0 bridgehead atoms. The van der Waals surface area contributed by atoms with Gasteiger partial charge < -0.3 is 18.8 Å². The second-order valence-electron chi connectivity index (χ2n) is 9.58. The standard InChI is InChI=1S/C32H30N2O6/c1-3-22-10-7-11-25(16-22)38-20-28(35)24-12-14-29-27(17-24)34(31(36)21-39-29)19-26-13-15-30(40-26)32(37)33(2)18-23-8-5-4-6-9-23/h4-17H,3,18-21H2,1-2H3. The van der Waals surface area contributed by atoms with Crippen LogP contribution < -0.4 is 14.4 Å². The molecule has 0 atom stereocenters. The molecule has 1 aliphatic heterocycles. The van der Waals surface area contributed by atoms with Gasteiger partial charge in [-0.3, -0.25) is 19.3 Å². The van der Waals surface area contributed by atoms with Crippen LogP contribution in [0.2, 0.25) is 0 Å². The van der Waals surface area contributed by atoms with Gasteiger partial charge in [0.2, 0.25) is 0 Å². The molecule has 2 heterocycles. The molecule has 4 aromatic rings. The minimum absolute atomic E-state index is 0.0861. The number of anilines is 1. The fraction of sp³-hybridized carbons (Fsp3) is 0.219. The Bertz CT molecular complexity index is 1530. The zero-order valence-electron chi connectivity index (χ0n) is 22.5. The number of rotatable bonds is 10. The second kappa shape index (κ2) is 11.9. The topological polar surface area (TPSA) is 89.3 Å². The molecule has 0 radical (unpaired) electrons. The monoisotopic (exact) mass is 538 g/mol. The van der Waals surface area contributed by atoms with Crippen molar-refractivity contribution in [2.75, 3.05) is 25.2 Å². The number of furan rings is 1. The first kappa shape index (κ1) is 26.7. The van der Waals surface area contributed by atoms with Crippen molar-refractivity contribution >= 4 is 23.3 Å². The number of ketones is 1. The van der Waals surface area contributed by atoms with Gasteiger partial charge >= 0.3 is 0 Å². The largest absolute Gasteiger partial charge is 0.485 e. The molecule has 3 aromatic carbocycles. The number of Topliss-reactive ketones (excluding diaryl/α,β-unsaturated/α-hetero) is 1. The van der Waals surface area contributed by atoms with Crippen molar-refractivity contribution in [3.63, 3.8) is 0 Å². The maximum absolute atomic E-state index is 12.9. The zero-order chi connectivity index (χ0) is 28.1. The summed E-state index contributed by atoms with van der Waals surface area (Å²) in [6, 6.07) is 25.6. The van der Waals surface area contributed by atoms with E-state index in [4.69, 9.17) is 13.9 Å². The van der Waals surface area contributed by atoms with Crippen LogP contribution in [0.1, 0.15) is 44.7 Å². The number of hydrogen-bond donors (Lipinski definition) is 0. The van der Waals surface area contributed by atoms with Crippen molar-refractivity contribution in [3.05, 3.63) is 113 Å². The number of hydrogen-bond acceptors (Lipinski definition) is 6. The molecule has 2 amide bonds. The number of fused-ring (bicyclic) bond motifs is 1. The Kier molecular flexibility index (Phi) is 7.96. The molecule has 40 heavy (non-hydrogen) atoms. The molecule has 8 nitrogen and oxygen atoms in total. The predicted octanol–water partition coefficient (Wildman–Crippen LogP) is 5.30. The van der Waals surface area contributed by atoms with Crippen molar-refractivity contribution in [1.29, 1.82) is 0 Å². The highest BCUT2D eigenvalue weighted by Crippen LogP contribution is 2.34. The minimum atomic E-state index is -0.282. The van der Waals surface area contributed by atoms with Gasteiger partial charge in [-0.1, -0.05) is 49.4 Å². The van der Waals surface area contributed by atoms with Gasteiger partial charge in [0.25, 0.3) is 11.8 Å². The van der Waals surface area contributed by atoms with Crippen molar-refractivity contribution in [2.24, 2.45) is 0 Å². The molecule has 0 aliphatic carbocycles. The van der Waals surface area contributed by atoms with Crippen molar-refractivity contribution < 1.29 is 28.3 Å². The van der Waals surface area contributed by atoms with Crippen LogP contribution in [0.3, 0.4) is 0 Å². The lowest BCUT2D eigenvalue weighted by molar-refractivity contribution is -0.121. The number of nitrogens with zero attached hydrogens (tertiary/aromatic N) is 2. The summed E-state index contributed by atoms with van der Waals surface area (Å²) in [7, 11) is 1.71. The van der Waals surface area contributed by atoms with Crippen LogP contribution in [-0.2, 0) is 24.3 Å². The molecular weight excluding hydrogens is 508 g/mol. The number of amides is 2. The van der Waals surface area contributed by atoms with Crippen LogP contribution in [-0.4, -0.2) is 42.8 Å². The number of aryl methyl sites for hydroxylation is 1. The van der Waals surface area contributed by atoms with Crippen molar-refractivity contribution in [1.82, 2.24) is 4.90 Å². The first-order valence-electron chi connectivity index (χ1n) is 13.1. The van der Waals surface area contributed by atoms with Gasteiger partial charge in [-0.2, -0.15) is 0 Å². The Labute approximate surface area is 232 Å². The fourth-order valence-corrected chi connectivity index (χ4v) is 4.49. The Morgan fingerprint density at radius 2 is 1.75 bits per heavy atom. The molecule has 0 unspecified atom stereocenters. The third-order valence-corrected chi connectivity index (χ3v) is 6.70. The van der Waals surface area contributed by atoms with Gasteiger partial charge in [0.05, 0.1) is 12.2 Å². The summed E-state index contributed by atoms with van der Waals surface area (Å²) in [5.74, 6) is 0.962. The van der Waals surface area contributed by atoms with E-state index in [0.717, 1.165) is 17.5 Å². The average Bonchev–Trinajstić information content (AvgIpc) is 3.46. The summed E-state index contributed by atoms with van der Waals surface area (Å²) in [6.45, 7) is 2.31. The first-order chi connectivity index (χ1) is 19.4. The summed E-state index contributed by atoms with van der Waals surface area (Å²) < 4.78 is 17.2. The Hall–Kier alpha value is -4.85. The highest BCUT2D eigenvalue weighted by molar-refractivity contribution is 6.02. The van der Waals surface area contributed by atoms with Gasteiger partial charge in [0, 0.05) is 19.2 Å². The molecule has 0 fully saturated rings. The first-order valence-corrected chi connectivity index (χ1v) is 13.1. The second-order valence-corrected chi connectivity index (χ2v) is 9.58. The van der Waals surface area contributed by atoms with Gasteiger partial charge in [-0.25, -0.2) is 0 Å². The highest BCUT2D eigenvalue weighted by Gasteiger charge is 2.28. The summed E-state index contributed by atoms with van der Waals surface area (Å²) in [4.78, 5) is 41.8. The van der Waals surface area contributed by atoms with Gasteiger partial charge in [0.15, 0.2) is 24.8 Å². The molecule has 1 aromatic heterocycles. The molecule has 1 aliphatic rings. The van der Waals surface area contributed by atoms with E-state index in [0.29, 0.717) is 35.1 Å². The van der Waals surface area contributed by atoms with Crippen LogP contribution in [0.25, 0.3) is 0 Å². The van der Waals surface area contributed by atoms with E-state index in [2.05, 4.69) is 6.92 Å². The van der Waals surface area contributed by atoms with Gasteiger partial charge in [-0.15, -0.1) is 0 Å². The summed E-state index contributed by atoms with van der Waals surface area (Å²) >= 11 is 0. The third-order valence-electron chi connectivity index (χ3n) is 6.70. The molecule has 204 valence electrons. The quantitative estimate of drug-likeness (QED) is 0.255. The Morgan fingerprint density at radius 1 is 0.950 bits per heavy atom. The fourth-order valence-electron chi connectivity index (χ4n) is 4.49. The number of carbonyl (C=O) groups is 3. The Balaban J connectivity index is 1.28. The lowest BCUT2D eigenvalue weighted by Gasteiger charge is -2.29. The summed E-state index contributed by atoms with van der Waals surface area (Å²) in [5.41, 5.74) is 2.98. The summed E-state index contributed by atoms with van der Waals surface area (Å²) in [6.07, 6.45) is 0.871. The number of benzene rings is 3. The number of ether oxygens (including phenoxy) is 2. The molecule has 0 saturated heterocycles. The highest BCUT2D eigenvalue weighted by atomic mass is 16.5. The van der Waals surface area contributed by atoms with Crippen LogP contribution >= 0.6 is 0 Å². The van der Waals surface area contributed by atoms with E-state index < -0.39 is 0 Å². The van der Waals surface area contributed by atoms with E-state index in [-0.39, 0.29) is 43.1 Å². The SMILES string of the molecule is CCc1cccc(OCC(=O)c2ccc3c(c2)N(Cc2ccc(C(=O)N(C)Cc4ccccc4)o2)C(=O)CO3)c1. The number of carbonyl (C=O) groups excluding carboxylic acids is 3. The molecular formula is C32H30N2O6. The molecule has 8 heteroatoms. The maximum Gasteiger partial charge on any atom is 0.289 e. The van der Waals surface area contributed by atoms with E-state index >= 15 is 0 Å². The van der Waals surface area contributed by atoms with E-state index in [1.807, 2.05) is 54.6 Å². The lowest BCUT2D eigenvalue weighted by Crippen LogP contribution is -2.38. The van der Waals surface area contributed by atoms with Crippen molar-refractivity contribution in [2.45, 2.75) is 26.4 Å². The van der Waals surface area contributed by atoms with Crippen molar-refractivity contribution in [3.8, 4) is 11.5 Å². The van der Waals surface area contributed by atoms with Crippen LogP contribution in [0.4, 0.5) is 5.69 Å².